The SMILES string of the molecule is COc1ccccc1N=C1SC(C(=O)Nc2ccc(C(=O)O)cc2)CC(=O)N1C. The van der Waals surface area contributed by atoms with Gasteiger partial charge in [0.15, 0.2) is 5.17 Å². The number of nitrogens with zero attached hydrogens (tertiary/aromatic N) is 2. The number of methoxy groups -OCH3 is 1. The fraction of sp³-hybridized carbons (Fsp3) is 0.200. The van der Waals surface area contributed by atoms with Crippen LogP contribution in [-0.2, 0) is 9.59 Å². The van der Waals surface area contributed by atoms with E-state index in [1.165, 1.54) is 48.0 Å². The molecule has 8 nitrogen and oxygen atoms in total. The molecule has 0 saturated carbocycles. The van der Waals surface area contributed by atoms with Gasteiger partial charge in [0, 0.05) is 19.2 Å². The Morgan fingerprint density at radius 1 is 1.21 bits per heavy atom. The normalized spacial score (nSPS) is 17.9. The number of hydrogen-bond donors (Lipinski definition) is 2. The molecule has 1 fully saturated rings. The van der Waals surface area contributed by atoms with Crippen molar-refractivity contribution < 1.29 is 24.2 Å². The van der Waals surface area contributed by atoms with Crippen molar-refractivity contribution in [1.29, 1.82) is 0 Å². The number of benzene rings is 2. The van der Waals surface area contributed by atoms with E-state index < -0.39 is 11.2 Å². The van der Waals surface area contributed by atoms with Gasteiger partial charge in [0.25, 0.3) is 0 Å². The van der Waals surface area contributed by atoms with E-state index in [-0.39, 0.29) is 23.8 Å². The molecule has 1 unspecified atom stereocenters. The number of aromatic carboxylic acids is 1. The molecule has 9 heteroatoms. The molecule has 1 heterocycles. The molecule has 1 aliphatic heterocycles. The van der Waals surface area contributed by atoms with Gasteiger partial charge in [-0.05, 0) is 36.4 Å². The first kappa shape index (κ1) is 20.4. The Labute approximate surface area is 171 Å². The Balaban J connectivity index is 1.78. The third-order valence-electron chi connectivity index (χ3n) is 4.26. The Morgan fingerprint density at radius 3 is 2.55 bits per heavy atom. The Kier molecular flexibility index (Phi) is 6.18. The van der Waals surface area contributed by atoms with Gasteiger partial charge in [-0.1, -0.05) is 23.9 Å². The topological polar surface area (TPSA) is 108 Å². The quantitative estimate of drug-likeness (QED) is 0.780. The first-order valence-corrected chi connectivity index (χ1v) is 9.56. The van der Waals surface area contributed by atoms with E-state index in [1.54, 1.807) is 19.2 Å². The highest BCUT2D eigenvalue weighted by Crippen LogP contribution is 2.32. The summed E-state index contributed by atoms with van der Waals surface area (Å²) >= 11 is 1.19. The summed E-state index contributed by atoms with van der Waals surface area (Å²) in [6, 6.07) is 13.0. The average molecular weight is 413 g/mol. The number of nitrogens with one attached hydrogen (secondary N) is 1. The molecule has 1 atom stereocenters. The number of hydrogen-bond acceptors (Lipinski definition) is 6. The molecule has 1 saturated heterocycles. The lowest BCUT2D eigenvalue weighted by Crippen LogP contribution is -2.43. The summed E-state index contributed by atoms with van der Waals surface area (Å²) < 4.78 is 5.29. The van der Waals surface area contributed by atoms with Crippen LogP contribution in [0.3, 0.4) is 0 Å². The maximum Gasteiger partial charge on any atom is 0.335 e. The van der Waals surface area contributed by atoms with E-state index in [0.717, 1.165) is 0 Å². The van der Waals surface area contributed by atoms with Gasteiger partial charge in [-0.15, -0.1) is 0 Å². The maximum absolute atomic E-state index is 12.7. The van der Waals surface area contributed by atoms with Crippen molar-refractivity contribution in [3.05, 3.63) is 54.1 Å². The molecule has 2 aromatic rings. The first-order valence-electron chi connectivity index (χ1n) is 8.68. The first-order chi connectivity index (χ1) is 13.9. The minimum absolute atomic E-state index is 0.0329. The standard InChI is InChI=1S/C20H19N3O5S/c1-23-17(24)11-16(18(25)21-13-9-7-12(8-10-13)19(26)27)29-20(23)22-14-5-3-4-6-15(14)28-2/h3-10,16H,11H2,1-2H3,(H,21,25)(H,26,27). The number of thioether (sulfide) groups is 1. The van der Waals surface area contributed by atoms with Crippen molar-refractivity contribution in [3.63, 3.8) is 0 Å². The molecular formula is C20H19N3O5S. The van der Waals surface area contributed by atoms with Crippen molar-refractivity contribution in [2.45, 2.75) is 11.7 Å². The number of amidine groups is 1. The monoisotopic (exact) mass is 413 g/mol. The number of rotatable bonds is 5. The summed E-state index contributed by atoms with van der Waals surface area (Å²) in [5.74, 6) is -1.06. The van der Waals surface area contributed by atoms with Gasteiger partial charge in [-0.3, -0.25) is 14.5 Å². The molecule has 2 amide bonds. The lowest BCUT2D eigenvalue weighted by molar-refractivity contribution is -0.128. The average Bonchev–Trinajstić information content (AvgIpc) is 2.72. The fourth-order valence-corrected chi connectivity index (χ4v) is 3.70. The van der Waals surface area contributed by atoms with Gasteiger partial charge in [-0.25, -0.2) is 9.79 Å². The fourth-order valence-electron chi connectivity index (χ4n) is 2.64. The summed E-state index contributed by atoms with van der Waals surface area (Å²) in [7, 11) is 3.15. The van der Waals surface area contributed by atoms with Crippen molar-refractivity contribution in [2.24, 2.45) is 4.99 Å². The molecule has 0 radical (unpaired) electrons. The van der Waals surface area contributed by atoms with Crippen molar-refractivity contribution in [1.82, 2.24) is 4.90 Å². The lowest BCUT2D eigenvalue weighted by Gasteiger charge is -2.29. The van der Waals surface area contributed by atoms with Crippen LogP contribution >= 0.6 is 11.8 Å². The highest BCUT2D eigenvalue weighted by atomic mass is 32.2. The number of anilines is 1. The summed E-state index contributed by atoms with van der Waals surface area (Å²) in [5.41, 5.74) is 1.13. The third-order valence-corrected chi connectivity index (χ3v) is 5.50. The summed E-state index contributed by atoms with van der Waals surface area (Å²) in [6.45, 7) is 0. The molecule has 150 valence electrons. The van der Waals surface area contributed by atoms with Crippen LogP contribution in [0.4, 0.5) is 11.4 Å². The number of carbonyl (C=O) groups is 3. The zero-order valence-corrected chi connectivity index (χ0v) is 16.6. The van der Waals surface area contributed by atoms with Crippen LogP contribution in [0.2, 0.25) is 0 Å². The molecule has 2 N–H and O–H groups in total. The second kappa shape index (κ2) is 8.78. The van der Waals surface area contributed by atoms with Crippen molar-refractivity contribution in [3.8, 4) is 5.75 Å². The number of amides is 2. The smallest absolute Gasteiger partial charge is 0.335 e. The molecule has 0 aromatic heterocycles. The second-order valence-corrected chi connectivity index (χ2v) is 7.37. The van der Waals surface area contributed by atoms with E-state index in [0.29, 0.717) is 22.3 Å². The van der Waals surface area contributed by atoms with Crippen molar-refractivity contribution in [2.75, 3.05) is 19.5 Å². The largest absolute Gasteiger partial charge is 0.494 e. The number of carboxylic acids is 1. The lowest BCUT2D eigenvalue weighted by atomic mass is 10.2. The summed E-state index contributed by atoms with van der Waals surface area (Å²) in [6.07, 6.45) is 0.0329. The molecule has 0 aliphatic carbocycles. The predicted molar refractivity (Wildman–Crippen MR) is 111 cm³/mol. The van der Waals surface area contributed by atoms with Gasteiger partial charge in [-0.2, -0.15) is 0 Å². The zero-order chi connectivity index (χ0) is 21.0. The molecular weight excluding hydrogens is 394 g/mol. The third kappa shape index (κ3) is 4.75. The maximum atomic E-state index is 12.7. The van der Waals surface area contributed by atoms with Crippen LogP contribution in [0.15, 0.2) is 53.5 Å². The molecule has 1 aliphatic rings. The minimum atomic E-state index is -1.04. The number of para-hydroxylation sites is 2. The molecule has 2 aromatic carbocycles. The van der Waals surface area contributed by atoms with Gasteiger partial charge < -0.3 is 15.2 Å². The molecule has 29 heavy (non-hydrogen) atoms. The van der Waals surface area contributed by atoms with Crippen LogP contribution in [0.5, 0.6) is 5.75 Å². The van der Waals surface area contributed by atoms with Gasteiger partial charge in [0.2, 0.25) is 11.8 Å². The highest BCUT2D eigenvalue weighted by Gasteiger charge is 2.34. The second-order valence-electron chi connectivity index (χ2n) is 6.20. The molecule has 0 bridgehead atoms. The van der Waals surface area contributed by atoms with E-state index in [1.807, 2.05) is 12.1 Å². The molecule has 0 spiro atoms. The Hall–Kier alpha value is -3.33. The van der Waals surface area contributed by atoms with Gasteiger partial charge in [0.05, 0.1) is 12.7 Å². The number of carboxylic acid groups (broad SMARTS) is 1. The highest BCUT2D eigenvalue weighted by molar-refractivity contribution is 8.15. The van der Waals surface area contributed by atoms with E-state index in [2.05, 4.69) is 10.3 Å². The minimum Gasteiger partial charge on any atom is -0.494 e. The van der Waals surface area contributed by atoms with Crippen molar-refractivity contribution >= 4 is 46.1 Å². The van der Waals surface area contributed by atoms with E-state index >= 15 is 0 Å². The van der Waals surface area contributed by atoms with Crippen LogP contribution in [0.1, 0.15) is 16.8 Å². The Bertz CT molecular complexity index is 974. The predicted octanol–water partition coefficient (Wildman–Crippen LogP) is 2.98. The number of aliphatic imine (C=N–C) groups is 1. The Morgan fingerprint density at radius 2 is 1.90 bits per heavy atom. The zero-order valence-electron chi connectivity index (χ0n) is 15.8. The summed E-state index contributed by atoms with van der Waals surface area (Å²) in [4.78, 5) is 41.9. The number of ether oxygens (including phenoxy) is 1. The van der Waals surface area contributed by atoms with Crippen LogP contribution in [0, 0.1) is 0 Å². The molecule has 3 rings (SSSR count). The van der Waals surface area contributed by atoms with Crippen LogP contribution in [0.25, 0.3) is 0 Å². The van der Waals surface area contributed by atoms with Gasteiger partial charge in [0.1, 0.15) is 16.7 Å². The number of carbonyl (C=O) groups excluding carboxylic acids is 2. The van der Waals surface area contributed by atoms with E-state index in [4.69, 9.17) is 9.84 Å². The van der Waals surface area contributed by atoms with Gasteiger partial charge >= 0.3 is 5.97 Å². The van der Waals surface area contributed by atoms with Crippen LogP contribution < -0.4 is 10.1 Å². The van der Waals surface area contributed by atoms with E-state index in [9.17, 15) is 14.4 Å². The van der Waals surface area contributed by atoms with Crippen LogP contribution in [-0.4, -0.2) is 52.4 Å². The summed E-state index contributed by atoms with van der Waals surface area (Å²) in [5, 5.41) is 11.4.